The van der Waals surface area contributed by atoms with Crippen molar-refractivity contribution in [2.75, 3.05) is 0 Å². The number of carbonyl (C=O) groups is 1. The van der Waals surface area contributed by atoms with E-state index in [0.29, 0.717) is 0 Å². The first kappa shape index (κ1) is 18.1. The Balaban J connectivity index is 2.08. The van der Waals surface area contributed by atoms with E-state index in [1.165, 1.54) is 12.1 Å². The number of benzene rings is 2. The number of hydrazone groups is 1. The quantitative estimate of drug-likeness (QED) is 0.612. The lowest BCUT2D eigenvalue weighted by Gasteiger charge is -2.07. The van der Waals surface area contributed by atoms with Gasteiger partial charge in [-0.3, -0.25) is 4.79 Å². The van der Waals surface area contributed by atoms with E-state index >= 15 is 0 Å². The number of nitrogens with zero attached hydrogens (tertiary/aromatic N) is 1. The number of hydrogen-bond acceptors (Lipinski definition) is 3. The monoisotopic (exact) mass is 376 g/mol. The van der Waals surface area contributed by atoms with Crippen molar-refractivity contribution in [1.82, 2.24) is 5.43 Å². The highest BCUT2D eigenvalue weighted by molar-refractivity contribution is 6.36. The molecule has 0 aromatic heterocycles. The molecule has 2 aromatic rings. The zero-order valence-corrected chi connectivity index (χ0v) is 13.2. The van der Waals surface area contributed by atoms with E-state index in [-0.39, 0.29) is 26.9 Å². The molecule has 4 nitrogen and oxygen atoms in total. The van der Waals surface area contributed by atoms with Gasteiger partial charge in [0.25, 0.3) is 5.91 Å². The Labute approximate surface area is 144 Å². The molecule has 0 atom stereocenters. The Hall–Kier alpha value is -2.25. The molecule has 0 fully saturated rings. The standard InChI is InChI=1S/C15H9Cl2F3N2O2/c16-11-5-9(13(23)12(17)6-11)7-21-22-14(24)8-1-3-10(4-2-8)15(18,19)20/h1-7,23H,(H,22,24)/b21-7+. The van der Waals surface area contributed by atoms with Crippen LogP contribution in [0.2, 0.25) is 10.0 Å². The molecule has 0 saturated carbocycles. The van der Waals surface area contributed by atoms with Crippen molar-refractivity contribution in [2.24, 2.45) is 5.10 Å². The summed E-state index contributed by atoms with van der Waals surface area (Å²) in [4.78, 5) is 11.8. The number of alkyl halides is 3. The van der Waals surface area contributed by atoms with Crippen LogP contribution in [0, 0.1) is 0 Å². The van der Waals surface area contributed by atoms with E-state index in [1.54, 1.807) is 0 Å². The van der Waals surface area contributed by atoms with Gasteiger partial charge in [0, 0.05) is 16.1 Å². The van der Waals surface area contributed by atoms with Crippen LogP contribution in [0.5, 0.6) is 5.75 Å². The summed E-state index contributed by atoms with van der Waals surface area (Å²) in [6.07, 6.45) is -3.37. The number of rotatable bonds is 3. The van der Waals surface area contributed by atoms with Crippen molar-refractivity contribution >= 4 is 35.3 Å². The van der Waals surface area contributed by atoms with E-state index in [2.05, 4.69) is 10.5 Å². The Kier molecular flexibility index (Phi) is 5.36. The maximum Gasteiger partial charge on any atom is 0.416 e. The summed E-state index contributed by atoms with van der Waals surface area (Å²) in [6, 6.07) is 6.35. The Morgan fingerprint density at radius 2 is 1.79 bits per heavy atom. The van der Waals surface area contributed by atoms with Gasteiger partial charge in [-0.25, -0.2) is 5.43 Å². The number of carbonyl (C=O) groups excluding carboxylic acids is 1. The minimum atomic E-state index is -4.48. The molecule has 0 spiro atoms. The van der Waals surface area contributed by atoms with Crippen molar-refractivity contribution in [2.45, 2.75) is 6.18 Å². The molecule has 0 radical (unpaired) electrons. The van der Waals surface area contributed by atoms with Gasteiger partial charge < -0.3 is 5.11 Å². The summed E-state index contributed by atoms with van der Waals surface area (Å²) in [7, 11) is 0. The van der Waals surface area contributed by atoms with E-state index in [4.69, 9.17) is 23.2 Å². The molecule has 0 bridgehead atoms. The summed E-state index contributed by atoms with van der Waals surface area (Å²) in [5.74, 6) is -0.985. The predicted molar refractivity (Wildman–Crippen MR) is 84.6 cm³/mol. The van der Waals surface area contributed by atoms with Crippen LogP contribution in [-0.4, -0.2) is 17.2 Å². The summed E-state index contributed by atoms with van der Waals surface area (Å²) < 4.78 is 37.3. The molecule has 0 unspecified atom stereocenters. The lowest BCUT2D eigenvalue weighted by atomic mass is 10.1. The molecule has 126 valence electrons. The maximum atomic E-state index is 12.4. The molecule has 0 heterocycles. The van der Waals surface area contributed by atoms with Crippen LogP contribution < -0.4 is 5.43 Å². The molecule has 9 heteroatoms. The van der Waals surface area contributed by atoms with E-state index in [1.807, 2.05) is 0 Å². The smallest absolute Gasteiger partial charge is 0.416 e. The van der Waals surface area contributed by atoms with Crippen molar-refractivity contribution in [3.05, 3.63) is 63.1 Å². The normalized spacial score (nSPS) is 11.7. The van der Waals surface area contributed by atoms with Gasteiger partial charge in [-0.2, -0.15) is 18.3 Å². The molecular formula is C15H9Cl2F3N2O2. The fraction of sp³-hybridized carbons (Fsp3) is 0.0667. The molecule has 2 rings (SSSR count). The van der Waals surface area contributed by atoms with Crippen LogP contribution in [0.15, 0.2) is 41.5 Å². The van der Waals surface area contributed by atoms with Gasteiger partial charge in [-0.15, -0.1) is 0 Å². The van der Waals surface area contributed by atoms with Gasteiger partial charge in [0.05, 0.1) is 16.8 Å². The van der Waals surface area contributed by atoms with Gasteiger partial charge >= 0.3 is 6.18 Å². The van der Waals surface area contributed by atoms with Crippen LogP contribution in [-0.2, 0) is 6.18 Å². The second-order valence-electron chi connectivity index (χ2n) is 4.60. The number of nitrogens with one attached hydrogen (secondary N) is 1. The molecule has 0 aliphatic rings. The fourth-order valence-electron chi connectivity index (χ4n) is 1.72. The number of aromatic hydroxyl groups is 1. The average Bonchev–Trinajstić information content (AvgIpc) is 2.51. The molecule has 24 heavy (non-hydrogen) atoms. The number of hydrogen-bond donors (Lipinski definition) is 2. The number of amides is 1. The lowest BCUT2D eigenvalue weighted by Crippen LogP contribution is -2.18. The van der Waals surface area contributed by atoms with E-state index in [0.717, 1.165) is 30.5 Å². The van der Waals surface area contributed by atoms with Crippen LogP contribution >= 0.6 is 23.2 Å². The highest BCUT2D eigenvalue weighted by Crippen LogP contribution is 2.30. The van der Waals surface area contributed by atoms with Gasteiger partial charge in [0.2, 0.25) is 0 Å². The van der Waals surface area contributed by atoms with Crippen molar-refractivity contribution in [1.29, 1.82) is 0 Å². The summed E-state index contributed by atoms with van der Waals surface area (Å²) in [6.45, 7) is 0. The zero-order chi connectivity index (χ0) is 17.9. The third kappa shape index (κ3) is 4.39. The minimum Gasteiger partial charge on any atom is -0.506 e. The summed E-state index contributed by atoms with van der Waals surface area (Å²) >= 11 is 11.5. The lowest BCUT2D eigenvalue weighted by molar-refractivity contribution is -0.137. The molecule has 2 N–H and O–H groups in total. The minimum absolute atomic E-state index is 0.00602. The first-order valence-corrected chi connectivity index (χ1v) is 7.13. The second kappa shape index (κ2) is 7.11. The topological polar surface area (TPSA) is 61.7 Å². The van der Waals surface area contributed by atoms with Gasteiger partial charge in [0.15, 0.2) is 0 Å². The molecule has 0 aliphatic carbocycles. The van der Waals surface area contributed by atoms with Gasteiger partial charge in [-0.1, -0.05) is 23.2 Å². The van der Waals surface area contributed by atoms with E-state index < -0.39 is 17.6 Å². The highest BCUT2D eigenvalue weighted by atomic mass is 35.5. The fourth-order valence-corrected chi connectivity index (χ4v) is 2.23. The second-order valence-corrected chi connectivity index (χ2v) is 5.44. The third-order valence-electron chi connectivity index (χ3n) is 2.90. The first-order chi connectivity index (χ1) is 11.2. The molecule has 0 saturated heterocycles. The third-order valence-corrected chi connectivity index (χ3v) is 3.41. The molecule has 0 aliphatic heterocycles. The Bertz CT molecular complexity index is 791. The largest absolute Gasteiger partial charge is 0.506 e. The Morgan fingerprint density at radius 3 is 2.38 bits per heavy atom. The summed E-state index contributed by atoms with van der Waals surface area (Å²) in [5.41, 5.74) is 1.42. The number of phenolic OH excluding ortho intramolecular Hbond substituents is 1. The zero-order valence-electron chi connectivity index (χ0n) is 11.7. The predicted octanol–water partition coefficient (Wildman–Crippen LogP) is 4.48. The average molecular weight is 377 g/mol. The van der Waals surface area contributed by atoms with Crippen LogP contribution in [0.1, 0.15) is 21.5 Å². The molecule has 2 aromatic carbocycles. The van der Waals surface area contributed by atoms with Gasteiger partial charge in [-0.05, 0) is 36.4 Å². The van der Waals surface area contributed by atoms with Crippen molar-refractivity contribution in [3.8, 4) is 5.75 Å². The van der Waals surface area contributed by atoms with Crippen molar-refractivity contribution < 1.29 is 23.1 Å². The molecule has 1 amide bonds. The van der Waals surface area contributed by atoms with Crippen LogP contribution in [0.4, 0.5) is 13.2 Å². The van der Waals surface area contributed by atoms with Crippen LogP contribution in [0.25, 0.3) is 0 Å². The maximum absolute atomic E-state index is 12.4. The number of phenols is 1. The Morgan fingerprint density at radius 1 is 1.17 bits per heavy atom. The SMILES string of the molecule is O=C(N/N=C/c1cc(Cl)cc(Cl)c1O)c1ccc(C(F)(F)F)cc1. The van der Waals surface area contributed by atoms with E-state index in [9.17, 15) is 23.1 Å². The van der Waals surface area contributed by atoms with Crippen LogP contribution in [0.3, 0.4) is 0 Å². The van der Waals surface area contributed by atoms with Crippen molar-refractivity contribution in [3.63, 3.8) is 0 Å². The molecular weight excluding hydrogens is 368 g/mol. The van der Waals surface area contributed by atoms with Gasteiger partial charge in [0.1, 0.15) is 5.75 Å². The summed E-state index contributed by atoms with van der Waals surface area (Å²) in [5, 5.41) is 13.6. The first-order valence-electron chi connectivity index (χ1n) is 6.37. The number of halogens is 5. The highest BCUT2D eigenvalue weighted by Gasteiger charge is 2.30.